The Labute approximate surface area is 205 Å². The van der Waals surface area contributed by atoms with Crippen molar-refractivity contribution in [2.75, 3.05) is 0 Å². The number of carbonyl (C=O) groups excluding carboxylic acids is 1. The highest BCUT2D eigenvalue weighted by Gasteiger charge is 2.43. The number of hydrogen-bond acceptors (Lipinski definition) is 6. The van der Waals surface area contributed by atoms with E-state index in [2.05, 4.69) is 10.3 Å². The van der Waals surface area contributed by atoms with Gasteiger partial charge in [0.25, 0.3) is 0 Å². The number of carbonyl (C=O) groups is 1. The van der Waals surface area contributed by atoms with Crippen molar-refractivity contribution in [2.45, 2.75) is 46.4 Å². The molecule has 6 nitrogen and oxygen atoms in total. The quantitative estimate of drug-likeness (QED) is 0.313. The van der Waals surface area contributed by atoms with Crippen LogP contribution in [0.4, 0.5) is 4.39 Å². The van der Waals surface area contributed by atoms with E-state index < -0.39 is 23.1 Å². The smallest absolute Gasteiger partial charge is 0.312 e. The van der Waals surface area contributed by atoms with Crippen molar-refractivity contribution in [2.24, 2.45) is 5.41 Å². The van der Waals surface area contributed by atoms with Gasteiger partial charge in [0.05, 0.1) is 21.9 Å². The van der Waals surface area contributed by atoms with Crippen LogP contribution in [-0.2, 0) is 29.3 Å². The average Bonchev–Trinajstić information content (AvgIpc) is 3.42. The minimum Gasteiger partial charge on any atom is -0.460 e. The van der Waals surface area contributed by atoms with Gasteiger partial charge in [-0.1, -0.05) is 53.2 Å². The molecule has 0 aliphatic carbocycles. The molecule has 0 unspecified atom stereocenters. The molecule has 2 aromatic heterocycles. The normalized spacial score (nSPS) is 12.8. The van der Waals surface area contributed by atoms with Gasteiger partial charge in [0.15, 0.2) is 5.82 Å². The summed E-state index contributed by atoms with van der Waals surface area (Å²) in [5, 5.41) is 17.7. The summed E-state index contributed by atoms with van der Waals surface area (Å²) < 4.78 is 23.5. The fraction of sp³-hybridized carbons (Fsp3) is 0.320. The summed E-state index contributed by atoms with van der Waals surface area (Å²) in [5.41, 5.74) is 1.23. The van der Waals surface area contributed by atoms with E-state index >= 15 is 4.39 Å². The number of thiophene rings is 1. The van der Waals surface area contributed by atoms with Crippen LogP contribution >= 0.6 is 22.9 Å². The molecular weight excluding hydrogens is 477 g/mol. The molecule has 4 aromatic rings. The maximum Gasteiger partial charge on any atom is 0.312 e. The molecule has 1 N–H and O–H groups in total. The Morgan fingerprint density at radius 2 is 2.00 bits per heavy atom. The zero-order chi connectivity index (χ0) is 24.5. The van der Waals surface area contributed by atoms with Crippen LogP contribution in [0.2, 0.25) is 4.34 Å². The number of aliphatic hydroxyl groups is 1. The third-order valence-corrected chi connectivity index (χ3v) is 7.46. The summed E-state index contributed by atoms with van der Waals surface area (Å²) in [6.45, 7) is 5.76. The van der Waals surface area contributed by atoms with Gasteiger partial charge in [-0.2, -0.15) is 0 Å². The van der Waals surface area contributed by atoms with Crippen LogP contribution in [0.25, 0.3) is 11.0 Å². The van der Waals surface area contributed by atoms with Crippen LogP contribution < -0.4 is 0 Å². The van der Waals surface area contributed by atoms with Gasteiger partial charge in [0.1, 0.15) is 12.1 Å². The number of aliphatic hydroxyl groups excluding tert-OH is 1. The number of nitrogens with zero attached hydrogens (tertiary/aromatic N) is 3. The number of benzene rings is 2. The summed E-state index contributed by atoms with van der Waals surface area (Å²) in [6, 6.07) is 14.5. The van der Waals surface area contributed by atoms with Crippen molar-refractivity contribution in [3.05, 3.63) is 80.3 Å². The van der Waals surface area contributed by atoms with E-state index in [0.717, 1.165) is 5.56 Å². The van der Waals surface area contributed by atoms with Crippen molar-refractivity contribution in [3.63, 3.8) is 0 Å². The van der Waals surface area contributed by atoms with E-state index in [1.54, 1.807) is 36.7 Å². The van der Waals surface area contributed by atoms with Crippen LogP contribution in [0, 0.1) is 11.2 Å². The lowest BCUT2D eigenvalue weighted by atomic mass is 9.73. The Kier molecular flexibility index (Phi) is 7.02. The Balaban J connectivity index is 1.78. The largest absolute Gasteiger partial charge is 0.460 e. The molecule has 0 saturated heterocycles. The molecule has 0 fully saturated rings. The molecule has 34 heavy (non-hydrogen) atoms. The first-order valence-corrected chi connectivity index (χ1v) is 12.1. The maximum absolute atomic E-state index is 15.8. The number of ether oxygens (including phenoxy) is 1. The van der Waals surface area contributed by atoms with E-state index in [0.29, 0.717) is 32.4 Å². The zero-order valence-electron chi connectivity index (χ0n) is 19.1. The van der Waals surface area contributed by atoms with Crippen molar-refractivity contribution in [1.82, 2.24) is 15.0 Å². The van der Waals surface area contributed by atoms with Crippen LogP contribution in [-0.4, -0.2) is 26.1 Å². The molecular formula is C25H25ClFN3O3S. The van der Waals surface area contributed by atoms with Gasteiger partial charge in [-0.25, -0.2) is 9.07 Å². The first-order valence-electron chi connectivity index (χ1n) is 10.9. The number of fused-ring (bicyclic) bond motifs is 1. The second-order valence-corrected chi connectivity index (χ2v) is 10.2. The van der Waals surface area contributed by atoms with Gasteiger partial charge >= 0.3 is 5.97 Å². The minimum atomic E-state index is -1.16. The van der Waals surface area contributed by atoms with Crippen LogP contribution in [0.5, 0.6) is 0 Å². The Bertz CT molecular complexity index is 1320. The summed E-state index contributed by atoms with van der Waals surface area (Å²) >= 11 is 7.54. The van der Waals surface area contributed by atoms with E-state index in [4.69, 9.17) is 16.3 Å². The van der Waals surface area contributed by atoms with Gasteiger partial charge in [-0.15, -0.1) is 16.4 Å². The maximum atomic E-state index is 15.8. The van der Waals surface area contributed by atoms with Crippen LogP contribution in [0.1, 0.15) is 48.3 Å². The number of halogens is 2. The van der Waals surface area contributed by atoms with Crippen LogP contribution in [0.15, 0.2) is 48.5 Å². The second kappa shape index (κ2) is 9.82. The van der Waals surface area contributed by atoms with Crippen molar-refractivity contribution >= 4 is 39.9 Å². The lowest BCUT2D eigenvalue weighted by molar-refractivity contribution is -0.156. The SMILES string of the molecule is CCn1nnc2c(F)c([C@H](c3cc(CO)c(Cl)s3)C(C)(C)C(=O)OCc3ccccc3)ccc21. The van der Waals surface area contributed by atoms with Gasteiger partial charge in [0.2, 0.25) is 0 Å². The predicted molar refractivity (Wildman–Crippen MR) is 130 cm³/mol. The van der Waals surface area contributed by atoms with Crippen LogP contribution in [0.3, 0.4) is 0 Å². The first kappa shape index (κ1) is 24.3. The lowest BCUT2D eigenvalue weighted by Crippen LogP contribution is -2.34. The highest BCUT2D eigenvalue weighted by Crippen LogP contribution is 2.47. The number of esters is 1. The molecule has 4 rings (SSSR count). The molecule has 0 aliphatic rings. The number of hydrogen-bond donors (Lipinski definition) is 1. The second-order valence-electron chi connectivity index (χ2n) is 8.56. The van der Waals surface area contributed by atoms with Gasteiger partial charge in [-0.3, -0.25) is 4.79 Å². The number of aryl methyl sites for hydroxylation is 1. The Hall–Kier alpha value is -2.81. The van der Waals surface area contributed by atoms with Gasteiger partial charge < -0.3 is 9.84 Å². The van der Waals surface area contributed by atoms with Gasteiger partial charge in [0, 0.05) is 22.9 Å². The Morgan fingerprint density at radius 3 is 2.65 bits per heavy atom. The monoisotopic (exact) mass is 501 g/mol. The molecule has 0 saturated carbocycles. The molecule has 0 spiro atoms. The summed E-state index contributed by atoms with van der Waals surface area (Å²) in [5.74, 6) is -1.75. The molecule has 2 heterocycles. The Morgan fingerprint density at radius 1 is 1.26 bits per heavy atom. The third-order valence-electron chi connectivity index (χ3n) is 5.96. The van der Waals surface area contributed by atoms with E-state index in [1.165, 1.54) is 11.3 Å². The molecule has 178 valence electrons. The first-order chi connectivity index (χ1) is 16.3. The molecule has 0 bridgehead atoms. The predicted octanol–water partition coefficient (Wildman–Crippen LogP) is 5.70. The summed E-state index contributed by atoms with van der Waals surface area (Å²) in [7, 11) is 0. The highest BCUT2D eigenvalue weighted by molar-refractivity contribution is 7.16. The van der Waals surface area contributed by atoms with Crippen molar-refractivity contribution in [1.29, 1.82) is 0 Å². The fourth-order valence-electron chi connectivity index (χ4n) is 4.08. The highest BCUT2D eigenvalue weighted by atomic mass is 35.5. The molecule has 0 amide bonds. The zero-order valence-corrected chi connectivity index (χ0v) is 20.7. The van der Waals surface area contributed by atoms with E-state index in [1.807, 2.05) is 37.3 Å². The summed E-state index contributed by atoms with van der Waals surface area (Å²) in [6.07, 6.45) is 0. The molecule has 2 aromatic carbocycles. The lowest BCUT2D eigenvalue weighted by Gasteiger charge is -2.32. The molecule has 0 radical (unpaired) electrons. The molecule has 9 heteroatoms. The molecule has 1 atom stereocenters. The van der Waals surface area contributed by atoms with Crippen molar-refractivity contribution < 1.29 is 19.0 Å². The topological polar surface area (TPSA) is 77.2 Å². The fourth-order valence-corrected chi connectivity index (χ4v) is 5.66. The minimum absolute atomic E-state index is 0.106. The van der Waals surface area contributed by atoms with E-state index in [9.17, 15) is 9.90 Å². The summed E-state index contributed by atoms with van der Waals surface area (Å²) in [4.78, 5) is 14.0. The molecule has 0 aliphatic heterocycles. The van der Waals surface area contributed by atoms with Gasteiger partial charge in [-0.05, 0) is 44.0 Å². The standard InChI is InChI=1S/C25H25ClFN3O3S/c1-4-30-18-11-10-17(21(27)22(18)28-29-30)20(19-12-16(13-31)23(26)34-19)25(2,3)24(32)33-14-15-8-6-5-7-9-15/h5-12,20,31H,4,13-14H2,1-3H3/t20-/m1/s1. The number of rotatable bonds is 8. The van der Waals surface area contributed by atoms with E-state index in [-0.39, 0.29) is 18.7 Å². The third kappa shape index (κ3) is 4.45. The average molecular weight is 502 g/mol. The number of aromatic nitrogens is 3. The van der Waals surface area contributed by atoms with Crippen molar-refractivity contribution in [3.8, 4) is 0 Å².